The number of anilines is 1. The second kappa shape index (κ2) is 7.55. The van der Waals surface area contributed by atoms with Crippen molar-refractivity contribution in [1.29, 1.82) is 0 Å². The molecule has 0 aliphatic rings. The topological polar surface area (TPSA) is 54.9 Å². The van der Waals surface area contributed by atoms with E-state index in [1.807, 2.05) is 42.6 Å². The number of amides is 1. The fraction of sp³-hybridized carbons (Fsp3) is 0.167. The lowest BCUT2D eigenvalue weighted by molar-refractivity contribution is -0.116. The monoisotopic (exact) mass is 357 g/mol. The molecular weight excluding hydrogens is 342 g/mol. The third kappa shape index (κ3) is 4.19. The number of halogens is 1. The van der Waals surface area contributed by atoms with Gasteiger partial charge in [0.05, 0.1) is 16.4 Å². The van der Waals surface area contributed by atoms with E-state index in [1.54, 1.807) is 23.6 Å². The minimum atomic E-state index is -0.0514. The number of carbonyl (C=O) groups excluding carboxylic acids is 1. The van der Waals surface area contributed by atoms with Crippen molar-refractivity contribution in [3.63, 3.8) is 0 Å². The van der Waals surface area contributed by atoms with E-state index in [0.717, 1.165) is 22.0 Å². The molecular formula is C18H16ClN3OS. The molecule has 0 aliphatic heterocycles. The molecule has 1 N–H and O–H groups in total. The Morgan fingerprint density at radius 1 is 1.25 bits per heavy atom. The maximum absolute atomic E-state index is 12.1. The van der Waals surface area contributed by atoms with Gasteiger partial charge in [0.15, 0.2) is 0 Å². The fourth-order valence-electron chi connectivity index (χ4n) is 2.17. The summed E-state index contributed by atoms with van der Waals surface area (Å²) in [6.07, 6.45) is 2.72. The maximum atomic E-state index is 12.1. The normalized spacial score (nSPS) is 10.6. The van der Waals surface area contributed by atoms with Gasteiger partial charge >= 0.3 is 0 Å². The van der Waals surface area contributed by atoms with Crippen molar-refractivity contribution in [1.82, 2.24) is 9.97 Å². The molecule has 1 amide bonds. The molecule has 0 spiro atoms. The maximum Gasteiger partial charge on any atom is 0.224 e. The van der Waals surface area contributed by atoms with E-state index in [1.165, 1.54) is 0 Å². The molecule has 2 heterocycles. The Balaban J connectivity index is 1.56. The quantitative estimate of drug-likeness (QED) is 0.717. The van der Waals surface area contributed by atoms with Crippen molar-refractivity contribution >= 4 is 34.5 Å². The Kier molecular flexibility index (Phi) is 5.23. The van der Waals surface area contributed by atoms with Gasteiger partial charge in [-0.2, -0.15) is 0 Å². The number of nitrogens with zero attached hydrogens (tertiary/aromatic N) is 2. The zero-order valence-corrected chi connectivity index (χ0v) is 14.7. The van der Waals surface area contributed by atoms with Crippen LogP contribution >= 0.6 is 22.9 Å². The van der Waals surface area contributed by atoms with Gasteiger partial charge in [-0.25, -0.2) is 4.98 Å². The molecule has 6 heteroatoms. The molecule has 0 saturated carbocycles. The average molecular weight is 358 g/mol. The van der Waals surface area contributed by atoms with Crippen molar-refractivity contribution in [2.75, 3.05) is 5.32 Å². The highest BCUT2D eigenvalue weighted by Crippen LogP contribution is 2.22. The zero-order valence-electron chi connectivity index (χ0n) is 13.1. The molecule has 24 heavy (non-hydrogen) atoms. The first-order valence-electron chi connectivity index (χ1n) is 7.53. The van der Waals surface area contributed by atoms with E-state index in [2.05, 4.69) is 15.3 Å². The van der Waals surface area contributed by atoms with Crippen LogP contribution < -0.4 is 5.32 Å². The molecule has 0 unspecified atom stereocenters. The van der Waals surface area contributed by atoms with E-state index >= 15 is 0 Å². The Morgan fingerprint density at radius 2 is 2.12 bits per heavy atom. The lowest BCUT2D eigenvalue weighted by Crippen LogP contribution is -2.12. The number of aryl methyl sites for hydroxylation is 2. The number of carbonyl (C=O) groups is 1. The highest BCUT2D eigenvalue weighted by Gasteiger charge is 2.09. The van der Waals surface area contributed by atoms with E-state index in [4.69, 9.17) is 11.6 Å². The van der Waals surface area contributed by atoms with Crippen molar-refractivity contribution < 1.29 is 4.79 Å². The van der Waals surface area contributed by atoms with E-state index in [-0.39, 0.29) is 5.91 Å². The van der Waals surface area contributed by atoms with Gasteiger partial charge in [-0.3, -0.25) is 9.78 Å². The summed E-state index contributed by atoms with van der Waals surface area (Å²) in [7, 11) is 0. The molecule has 3 rings (SSSR count). The minimum Gasteiger partial charge on any atom is -0.326 e. The second-order valence-electron chi connectivity index (χ2n) is 5.35. The van der Waals surface area contributed by atoms with Gasteiger partial charge in [0.25, 0.3) is 0 Å². The van der Waals surface area contributed by atoms with E-state index < -0.39 is 0 Å². The van der Waals surface area contributed by atoms with Crippen LogP contribution in [0.15, 0.2) is 48.0 Å². The number of hydrogen-bond donors (Lipinski definition) is 1. The second-order valence-corrected chi connectivity index (χ2v) is 6.70. The molecule has 122 valence electrons. The van der Waals surface area contributed by atoms with Crippen molar-refractivity contribution in [3.05, 3.63) is 63.6 Å². The number of aromatic nitrogens is 2. The van der Waals surface area contributed by atoms with Gasteiger partial charge in [0.2, 0.25) is 5.91 Å². The Morgan fingerprint density at radius 3 is 2.88 bits per heavy atom. The number of thiazole rings is 1. The predicted molar refractivity (Wildman–Crippen MR) is 98.5 cm³/mol. The van der Waals surface area contributed by atoms with E-state index in [0.29, 0.717) is 23.6 Å². The average Bonchev–Trinajstić information content (AvgIpc) is 3.06. The van der Waals surface area contributed by atoms with Crippen LogP contribution in [0.2, 0.25) is 5.02 Å². The zero-order chi connectivity index (χ0) is 16.9. The van der Waals surface area contributed by atoms with Crippen LogP contribution in [-0.4, -0.2) is 15.9 Å². The molecule has 0 aliphatic carbocycles. The van der Waals surface area contributed by atoms with Crippen LogP contribution in [0.1, 0.15) is 17.0 Å². The van der Waals surface area contributed by atoms with Crippen molar-refractivity contribution in [3.8, 4) is 11.4 Å². The summed E-state index contributed by atoms with van der Waals surface area (Å²) in [4.78, 5) is 20.9. The predicted octanol–water partition coefficient (Wildman–Crippen LogP) is 4.74. The summed E-state index contributed by atoms with van der Waals surface area (Å²) < 4.78 is 0. The SMILES string of the molecule is Cc1ccc(NC(=O)CCc2nc(-c3ccccn3)cs2)cc1Cl. The van der Waals surface area contributed by atoms with Crippen LogP contribution in [0.25, 0.3) is 11.4 Å². The van der Waals surface area contributed by atoms with Gasteiger partial charge < -0.3 is 5.32 Å². The first kappa shape index (κ1) is 16.6. The molecule has 0 fully saturated rings. The lowest BCUT2D eigenvalue weighted by atomic mass is 10.2. The summed E-state index contributed by atoms with van der Waals surface area (Å²) in [6, 6.07) is 11.2. The fourth-order valence-corrected chi connectivity index (χ4v) is 3.14. The summed E-state index contributed by atoms with van der Waals surface area (Å²) in [6.45, 7) is 1.93. The molecule has 3 aromatic rings. The van der Waals surface area contributed by atoms with Gasteiger partial charge in [-0.05, 0) is 36.8 Å². The number of benzene rings is 1. The van der Waals surface area contributed by atoms with Crippen molar-refractivity contribution in [2.24, 2.45) is 0 Å². The molecule has 0 radical (unpaired) electrons. The first-order valence-corrected chi connectivity index (χ1v) is 8.79. The summed E-state index contributed by atoms with van der Waals surface area (Å²) in [5, 5.41) is 6.40. The Bertz CT molecular complexity index is 848. The smallest absolute Gasteiger partial charge is 0.224 e. The van der Waals surface area contributed by atoms with Gasteiger partial charge in [0, 0.05) is 35.1 Å². The standard InChI is InChI=1S/C18H16ClN3OS/c1-12-5-6-13(10-14(12)19)21-17(23)7-8-18-22-16(11-24-18)15-4-2-3-9-20-15/h2-6,9-11H,7-8H2,1H3,(H,21,23). The number of hydrogen-bond acceptors (Lipinski definition) is 4. The molecule has 0 atom stereocenters. The summed E-state index contributed by atoms with van der Waals surface area (Å²) in [5.41, 5.74) is 3.39. The first-order chi connectivity index (χ1) is 11.6. The van der Waals surface area contributed by atoms with Crippen LogP contribution in [-0.2, 0) is 11.2 Å². The Labute approximate surface area is 149 Å². The molecule has 0 saturated heterocycles. The molecule has 1 aromatic carbocycles. The Hall–Kier alpha value is -2.24. The van der Waals surface area contributed by atoms with E-state index in [9.17, 15) is 4.79 Å². The molecule has 4 nitrogen and oxygen atoms in total. The van der Waals surface area contributed by atoms with Crippen LogP contribution in [0.4, 0.5) is 5.69 Å². The number of rotatable bonds is 5. The highest BCUT2D eigenvalue weighted by molar-refractivity contribution is 7.09. The molecule has 0 bridgehead atoms. The minimum absolute atomic E-state index is 0.0514. The van der Waals surface area contributed by atoms with Crippen LogP contribution in [0.5, 0.6) is 0 Å². The van der Waals surface area contributed by atoms with Gasteiger partial charge in [-0.1, -0.05) is 23.7 Å². The van der Waals surface area contributed by atoms with Crippen molar-refractivity contribution in [2.45, 2.75) is 19.8 Å². The number of nitrogens with one attached hydrogen (secondary N) is 1. The largest absolute Gasteiger partial charge is 0.326 e. The van der Waals surface area contributed by atoms with Gasteiger partial charge in [-0.15, -0.1) is 11.3 Å². The highest BCUT2D eigenvalue weighted by atomic mass is 35.5. The van der Waals surface area contributed by atoms with Crippen LogP contribution in [0.3, 0.4) is 0 Å². The van der Waals surface area contributed by atoms with Crippen LogP contribution in [0, 0.1) is 6.92 Å². The third-order valence-electron chi connectivity index (χ3n) is 3.50. The van der Waals surface area contributed by atoms with Gasteiger partial charge in [0.1, 0.15) is 0 Å². The lowest BCUT2D eigenvalue weighted by Gasteiger charge is -2.06. The molecule has 2 aromatic heterocycles. The summed E-state index contributed by atoms with van der Waals surface area (Å²) in [5.74, 6) is -0.0514. The third-order valence-corrected chi connectivity index (χ3v) is 4.82. The number of pyridine rings is 1. The summed E-state index contributed by atoms with van der Waals surface area (Å²) >= 11 is 7.61.